The average molecular weight is 318 g/mol. The van der Waals surface area contributed by atoms with Crippen LogP contribution in [0.15, 0.2) is 53.6 Å². The summed E-state index contributed by atoms with van der Waals surface area (Å²) < 4.78 is 0. The van der Waals surface area contributed by atoms with Gasteiger partial charge in [0.25, 0.3) is 11.6 Å². The molecule has 0 unspecified atom stereocenters. The molecular formula is C15H12ClN3O3. The van der Waals surface area contributed by atoms with E-state index < -0.39 is 10.8 Å². The van der Waals surface area contributed by atoms with Crippen molar-refractivity contribution in [2.45, 2.75) is 6.92 Å². The van der Waals surface area contributed by atoms with E-state index in [1.165, 1.54) is 24.3 Å². The Bertz CT molecular complexity index is 759. The van der Waals surface area contributed by atoms with Crippen molar-refractivity contribution >= 4 is 28.9 Å². The Morgan fingerprint density at radius 1 is 1.23 bits per heavy atom. The summed E-state index contributed by atoms with van der Waals surface area (Å²) >= 11 is 6.04. The van der Waals surface area contributed by atoms with Gasteiger partial charge in [-0.05, 0) is 19.1 Å². The molecule has 0 saturated carbocycles. The normalized spacial score (nSPS) is 11.1. The van der Waals surface area contributed by atoms with Crippen LogP contribution in [0, 0.1) is 10.1 Å². The molecule has 112 valence electrons. The Kier molecular flexibility index (Phi) is 4.85. The zero-order valence-corrected chi connectivity index (χ0v) is 12.4. The Balaban J connectivity index is 2.16. The number of hydrazone groups is 1. The Hall–Kier alpha value is -2.73. The summed E-state index contributed by atoms with van der Waals surface area (Å²) in [7, 11) is 0. The molecule has 0 heterocycles. The molecule has 6 nitrogen and oxygen atoms in total. The van der Waals surface area contributed by atoms with Gasteiger partial charge < -0.3 is 0 Å². The van der Waals surface area contributed by atoms with Crippen LogP contribution in [0.25, 0.3) is 0 Å². The first-order chi connectivity index (χ1) is 10.5. The molecule has 0 aliphatic rings. The lowest BCUT2D eigenvalue weighted by atomic mass is 10.1. The van der Waals surface area contributed by atoms with Crippen molar-refractivity contribution in [3.8, 4) is 0 Å². The Morgan fingerprint density at radius 3 is 2.64 bits per heavy atom. The molecule has 0 spiro atoms. The number of nitro groups is 1. The van der Waals surface area contributed by atoms with E-state index >= 15 is 0 Å². The van der Waals surface area contributed by atoms with Gasteiger partial charge in [0, 0.05) is 28.3 Å². The predicted octanol–water partition coefficient (Wildman–Crippen LogP) is 3.40. The lowest BCUT2D eigenvalue weighted by Gasteiger charge is -2.04. The number of halogens is 1. The summed E-state index contributed by atoms with van der Waals surface area (Å²) in [6.45, 7) is 1.70. The minimum Gasteiger partial charge on any atom is -0.267 e. The molecule has 0 atom stereocenters. The Morgan fingerprint density at radius 2 is 1.95 bits per heavy atom. The second-order valence-electron chi connectivity index (χ2n) is 4.43. The van der Waals surface area contributed by atoms with E-state index in [0.717, 1.165) is 0 Å². The van der Waals surface area contributed by atoms with E-state index in [2.05, 4.69) is 10.5 Å². The summed E-state index contributed by atoms with van der Waals surface area (Å²) in [5.74, 6) is -0.532. The Labute approximate surface area is 131 Å². The van der Waals surface area contributed by atoms with Gasteiger partial charge in [0.2, 0.25) is 0 Å². The number of carbonyl (C=O) groups is 1. The number of hydrogen-bond acceptors (Lipinski definition) is 4. The monoisotopic (exact) mass is 317 g/mol. The molecule has 0 aliphatic heterocycles. The standard InChI is InChI=1S/C15H12ClN3O3/c1-10(13-7-2-3-8-14(13)16)17-18-15(20)11-5-4-6-12(9-11)19(21)22/h2-9H,1H3,(H,18,20)/b17-10+. The van der Waals surface area contributed by atoms with Gasteiger partial charge in [0.1, 0.15) is 0 Å². The number of carbonyl (C=O) groups excluding carboxylic acids is 1. The first-order valence-corrected chi connectivity index (χ1v) is 6.71. The van der Waals surface area contributed by atoms with E-state index in [9.17, 15) is 14.9 Å². The minimum atomic E-state index is -0.560. The van der Waals surface area contributed by atoms with E-state index in [-0.39, 0.29) is 11.3 Å². The molecule has 0 aliphatic carbocycles. The molecule has 1 N–H and O–H groups in total. The fourth-order valence-electron chi connectivity index (χ4n) is 1.77. The predicted molar refractivity (Wildman–Crippen MR) is 84.2 cm³/mol. The van der Waals surface area contributed by atoms with Gasteiger partial charge in [-0.2, -0.15) is 5.10 Å². The summed E-state index contributed by atoms with van der Waals surface area (Å²) in [4.78, 5) is 22.1. The highest BCUT2D eigenvalue weighted by molar-refractivity contribution is 6.34. The molecule has 2 aromatic carbocycles. The van der Waals surface area contributed by atoms with E-state index in [4.69, 9.17) is 11.6 Å². The van der Waals surface area contributed by atoms with Crippen molar-refractivity contribution in [2.24, 2.45) is 5.10 Å². The third kappa shape index (κ3) is 3.67. The van der Waals surface area contributed by atoms with Gasteiger partial charge in [0.15, 0.2) is 0 Å². The van der Waals surface area contributed by atoms with E-state index in [1.807, 2.05) is 6.07 Å². The number of amides is 1. The van der Waals surface area contributed by atoms with Crippen molar-refractivity contribution in [2.75, 3.05) is 0 Å². The highest BCUT2D eigenvalue weighted by atomic mass is 35.5. The largest absolute Gasteiger partial charge is 0.271 e. The van der Waals surface area contributed by atoms with Crippen LogP contribution < -0.4 is 5.43 Å². The average Bonchev–Trinajstić information content (AvgIpc) is 2.52. The lowest BCUT2D eigenvalue weighted by Crippen LogP contribution is -2.19. The van der Waals surface area contributed by atoms with Crippen LogP contribution in [0.4, 0.5) is 5.69 Å². The van der Waals surface area contributed by atoms with Crippen molar-refractivity contribution in [1.82, 2.24) is 5.43 Å². The van der Waals surface area contributed by atoms with Crippen molar-refractivity contribution in [3.05, 3.63) is 74.8 Å². The summed E-state index contributed by atoms with van der Waals surface area (Å²) in [6.07, 6.45) is 0. The molecule has 0 radical (unpaired) electrons. The molecule has 22 heavy (non-hydrogen) atoms. The summed E-state index contributed by atoms with van der Waals surface area (Å²) in [6, 6.07) is 12.5. The maximum atomic E-state index is 12.0. The third-order valence-corrected chi connectivity index (χ3v) is 3.24. The number of nitrogens with zero attached hydrogens (tertiary/aromatic N) is 2. The van der Waals surface area contributed by atoms with E-state index in [1.54, 1.807) is 25.1 Å². The van der Waals surface area contributed by atoms with Gasteiger partial charge in [-0.1, -0.05) is 35.9 Å². The van der Waals surface area contributed by atoms with Crippen LogP contribution in [0.2, 0.25) is 5.02 Å². The van der Waals surface area contributed by atoms with Crippen LogP contribution >= 0.6 is 11.6 Å². The molecule has 0 saturated heterocycles. The zero-order chi connectivity index (χ0) is 16.1. The number of nitrogens with one attached hydrogen (secondary N) is 1. The van der Waals surface area contributed by atoms with Crippen LogP contribution in [0.5, 0.6) is 0 Å². The molecule has 1 amide bonds. The fraction of sp³-hybridized carbons (Fsp3) is 0.0667. The van der Waals surface area contributed by atoms with Crippen molar-refractivity contribution in [1.29, 1.82) is 0 Å². The molecule has 2 aromatic rings. The van der Waals surface area contributed by atoms with Gasteiger partial charge >= 0.3 is 0 Å². The molecule has 7 heteroatoms. The first-order valence-electron chi connectivity index (χ1n) is 6.33. The molecular weight excluding hydrogens is 306 g/mol. The summed E-state index contributed by atoms with van der Waals surface area (Å²) in [5, 5.41) is 15.2. The summed E-state index contributed by atoms with van der Waals surface area (Å²) in [5.41, 5.74) is 3.59. The smallest absolute Gasteiger partial charge is 0.267 e. The van der Waals surface area contributed by atoms with Gasteiger partial charge in [-0.25, -0.2) is 5.43 Å². The minimum absolute atomic E-state index is 0.153. The maximum Gasteiger partial charge on any atom is 0.271 e. The lowest BCUT2D eigenvalue weighted by molar-refractivity contribution is -0.384. The number of nitro benzene ring substituents is 1. The number of benzene rings is 2. The second kappa shape index (κ2) is 6.82. The molecule has 0 bridgehead atoms. The number of rotatable bonds is 4. The molecule has 2 rings (SSSR count). The topological polar surface area (TPSA) is 84.6 Å². The fourth-order valence-corrected chi connectivity index (χ4v) is 2.05. The SMILES string of the molecule is C/C(=N\NC(=O)c1cccc([N+](=O)[O-])c1)c1ccccc1Cl. The quantitative estimate of drug-likeness (QED) is 0.533. The maximum absolute atomic E-state index is 12.0. The number of non-ortho nitro benzene ring substituents is 1. The van der Waals surface area contributed by atoms with E-state index in [0.29, 0.717) is 16.3 Å². The van der Waals surface area contributed by atoms with Crippen molar-refractivity contribution < 1.29 is 9.72 Å². The van der Waals surface area contributed by atoms with Crippen LogP contribution in [0.1, 0.15) is 22.8 Å². The van der Waals surface area contributed by atoms with Gasteiger partial charge in [0.05, 0.1) is 10.6 Å². The van der Waals surface area contributed by atoms with Gasteiger partial charge in [-0.15, -0.1) is 0 Å². The number of hydrogen-bond donors (Lipinski definition) is 1. The van der Waals surface area contributed by atoms with Crippen LogP contribution in [-0.4, -0.2) is 16.5 Å². The second-order valence-corrected chi connectivity index (χ2v) is 4.83. The van der Waals surface area contributed by atoms with Crippen LogP contribution in [-0.2, 0) is 0 Å². The van der Waals surface area contributed by atoms with Gasteiger partial charge in [-0.3, -0.25) is 14.9 Å². The first kappa shape index (κ1) is 15.7. The van der Waals surface area contributed by atoms with Crippen molar-refractivity contribution in [3.63, 3.8) is 0 Å². The van der Waals surface area contributed by atoms with Crippen LogP contribution in [0.3, 0.4) is 0 Å². The third-order valence-electron chi connectivity index (χ3n) is 2.91. The zero-order valence-electron chi connectivity index (χ0n) is 11.6. The highest BCUT2D eigenvalue weighted by Crippen LogP contribution is 2.16. The molecule has 0 aromatic heterocycles. The molecule has 0 fully saturated rings. The highest BCUT2D eigenvalue weighted by Gasteiger charge is 2.11.